The molecule has 0 aliphatic rings. The zero-order chi connectivity index (χ0) is 22.0. The van der Waals surface area contributed by atoms with E-state index in [1.165, 1.54) is 0 Å². The number of hydrogen-bond acceptors (Lipinski definition) is 3. The van der Waals surface area contributed by atoms with Crippen LogP contribution in [0.1, 0.15) is 24.0 Å². The van der Waals surface area contributed by atoms with Gasteiger partial charge in [0.2, 0.25) is 0 Å². The van der Waals surface area contributed by atoms with E-state index in [0.29, 0.717) is 5.56 Å². The van der Waals surface area contributed by atoms with Crippen LogP contribution in [0.5, 0.6) is 0 Å². The molecule has 1 aromatic carbocycles. The summed E-state index contributed by atoms with van der Waals surface area (Å²) >= 11 is 0. The maximum absolute atomic E-state index is 12.3. The highest BCUT2D eigenvalue weighted by atomic mass is 19.4. The molecule has 0 radical (unpaired) electrons. The standard InChI is InChI=1S/C24H20F3N3O/c1-16-5-6-21(28-14-16)18-8-10-30-22(15-29-23(30)13-18)19-4-2-3-17(11-19)12-20(31)7-9-24(25,26)27/h2-6,8,10-11,13-15H,7,9,12H2,1H3. The van der Waals surface area contributed by atoms with E-state index < -0.39 is 24.8 Å². The van der Waals surface area contributed by atoms with Crippen molar-refractivity contribution in [2.24, 2.45) is 0 Å². The van der Waals surface area contributed by atoms with Gasteiger partial charge >= 0.3 is 6.18 Å². The molecule has 0 aliphatic heterocycles. The first kappa shape index (κ1) is 20.8. The third kappa shape index (κ3) is 4.99. The number of hydrogen-bond donors (Lipinski definition) is 0. The lowest BCUT2D eigenvalue weighted by Crippen LogP contribution is -2.12. The Bertz CT molecular complexity index is 1230. The van der Waals surface area contributed by atoms with Crippen molar-refractivity contribution in [3.63, 3.8) is 0 Å². The predicted molar refractivity (Wildman–Crippen MR) is 113 cm³/mol. The van der Waals surface area contributed by atoms with Crippen LogP contribution >= 0.6 is 0 Å². The Morgan fingerprint density at radius 1 is 1.00 bits per heavy atom. The summed E-state index contributed by atoms with van der Waals surface area (Å²) in [5, 5.41) is 0. The second kappa shape index (κ2) is 8.34. The van der Waals surface area contributed by atoms with Crippen LogP contribution in [0.3, 0.4) is 0 Å². The van der Waals surface area contributed by atoms with Crippen molar-refractivity contribution in [1.29, 1.82) is 0 Å². The van der Waals surface area contributed by atoms with E-state index >= 15 is 0 Å². The molecule has 31 heavy (non-hydrogen) atoms. The minimum Gasteiger partial charge on any atom is -0.300 e. The van der Waals surface area contributed by atoms with Crippen molar-refractivity contribution in [3.8, 4) is 22.5 Å². The molecule has 3 heterocycles. The molecule has 4 rings (SSSR count). The van der Waals surface area contributed by atoms with Crippen LogP contribution in [0.2, 0.25) is 0 Å². The Morgan fingerprint density at radius 2 is 1.84 bits per heavy atom. The van der Waals surface area contributed by atoms with E-state index in [-0.39, 0.29) is 6.42 Å². The van der Waals surface area contributed by atoms with Crippen molar-refractivity contribution >= 4 is 11.4 Å². The molecular weight excluding hydrogens is 403 g/mol. The lowest BCUT2D eigenvalue weighted by molar-refractivity contribution is -0.143. The molecule has 7 heteroatoms. The first-order valence-corrected chi connectivity index (χ1v) is 9.86. The molecule has 0 fully saturated rings. The van der Waals surface area contributed by atoms with Crippen molar-refractivity contribution in [3.05, 3.63) is 78.2 Å². The van der Waals surface area contributed by atoms with Gasteiger partial charge < -0.3 is 0 Å². The van der Waals surface area contributed by atoms with Gasteiger partial charge in [0.1, 0.15) is 11.4 Å². The highest BCUT2D eigenvalue weighted by Gasteiger charge is 2.27. The summed E-state index contributed by atoms with van der Waals surface area (Å²) in [6.45, 7) is 1.98. The van der Waals surface area contributed by atoms with Gasteiger partial charge in [-0.3, -0.25) is 14.2 Å². The molecule has 0 aliphatic carbocycles. The summed E-state index contributed by atoms with van der Waals surface area (Å²) in [4.78, 5) is 20.9. The lowest BCUT2D eigenvalue weighted by atomic mass is 10.0. The number of halogens is 3. The normalized spacial score (nSPS) is 11.7. The highest BCUT2D eigenvalue weighted by Crippen LogP contribution is 2.26. The molecule has 0 saturated heterocycles. The summed E-state index contributed by atoms with van der Waals surface area (Å²) in [6.07, 6.45) is -0.457. The SMILES string of the molecule is Cc1ccc(-c2ccn3c(-c4cccc(CC(=O)CCC(F)(F)F)c4)cnc3c2)nc1. The minimum atomic E-state index is -4.32. The monoisotopic (exact) mass is 423 g/mol. The van der Waals surface area contributed by atoms with Crippen LogP contribution in [0.15, 0.2) is 67.1 Å². The van der Waals surface area contributed by atoms with Crippen molar-refractivity contribution in [1.82, 2.24) is 14.4 Å². The van der Waals surface area contributed by atoms with Crippen LogP contribution < -0.4 is 0 Å². The molecule has 0 saturated carbocycles. The first-order chi connectivity index (χ1) is 14.8. The van der Waals surface area contributed by atoms with Gasteiger partial charge in [0.15, 0.2) is 0 Å². The van der Waals surface area contributed by atoms with Crippen molar-refractivity contribution in [2.45, 2.75) is 32.4 Å². The Labute approximate surface area is 177 Å². The van der Waals surface area contributed by atoms with Gasteiger partial charge in [0, 0.05) is 36.4 Å². The minimum absolute atomic E-state index is 0.0239. The maximum Gasteiger partial charge on any atom is 0.389 e. The second-order valence-corrected chi connectivity index (χ2v) is 7.54. The number of Topliss-reactive ketones (excluding diaryl/α,β-unsaturated/α-hetero) is 1. The van der Waals surface area contributed by atoms with Gasteiger partial charge in [-0.15, -0.1) is 0 Å². The number of alkyl halides is 3. The van der Waals surface area contributed by atoms with Crippen LogP contribution in [-0.4, -0.2) is 26.3 Å². The fraction of sp³-hybridized carbons (Fsp3) is 0.208. The summed E-state index contributed by atoms with van der Waals surface area (Å²) in [5.41, 5.74) is 6.01. The number of carbonyl (C=O) groups excluding carboxylic acids is 1. The smallest absolute Gasteiger partial charge is 0.300 e. The van der Waals surface area contributed by atoms with E-state index in [0.717, 1.165) is 33.7 Å². The third-order valence-corrected chi connectivity index (χ3v) is 5.03. The number of aryl methyl sites for hydroxylation is 1. The van der Waals surface area contributed by atoms with Crippen LogP contribution in [0, 0.1) is 6.92 Å². The molecule has 0 N–H and O–H groups in total. The molecule has 4 aromatic rings. The fourth-order valence-corrected chi connectivity index (χ4v) is 3.43. The number of imidazole rings is 1. The van der Waals surface area contributed by atoms with Gasteiger partial charge in [-0.25, -0.2) is 4.98 Å². The summed E-state index contributed by atoms with van der Waals surface area (Å²) in [6, 6.07) is 15.1. The Balaban J connectivity index is 1.57. The van der Waals surface area contributed by atoms with E-state index in [2.05, 4.69) is 9.97 Å². The van der Waals surface area contributed by atoms with Gasteiger partial charge in [0.25, 0.3) is 0 Å². The van der Waals surface area contributed by atoms with Gasteiger partial charge in [-0.1, -0.05) is 24.3 Å². The molecule has 0 amide bonds. The summed E-state index contributed by atoms with van der Waals surface area (Å²) < 4.78 is 39.0. The van der Waals surface area contributed by atoms with E-state index in [4.69, 9.17) is 0 Å². The van der Waals surface area contributed by atoms with E-state index in [1.807, 2.05) is 60.1 Å². The zero-order valence-corrected chi connectivity index (χ0v) is 16.9. The van der Waals surface area contributed by atoms with E-state index in [9.17, 15) is 18.0 Å². The highest BCUT2D eigenvalue weighted by molar-refractivity contribution is 5.81. The first-order valence-electron chi connectivity index (χ1n) is 9.86. The molecule has 0 atom stereocenters. The number of nitrogens with zero attached hydrogens (tertiary/aromatic N) is 3. The van der Waals surface area contributed by atoms with Gasteiger partial charge in [-0.2, -0.15) is 13.2 Å². The quantitative estimate of drug-likeness (QED) is 0.392. The Hall–Kier alpha value is -3.48. The Kier molecular flexibility index (Phi) is 5.59. The van der Waals surface area contributed by atoms with Crippen LogP contribution in [0.25, 0.3) is 28.2 Å². The largest absolute Gasteiger partial charge is 0.389 e. The average molecular weight is 423 g/mol. The molecule has 0 unspecified atom stereocenters. The topological polar surface area (TPSA) is 47.3 Å². The van der Waals surface area contributed by atoms with E-state index in [1.54, 1.807) is 18.3 Å². The number of pyridine rings is 2. The summed E-state index contributed by atoms with van der Waals surface area (Å²) in [5.74, 6) is -0.428. The van der Waals surface area contributed by atoms with Gasteiger partial charge in [-0.05, 0) is 42.3 Å². The number of ketones is 1. The van der Waals surface area contributed by atoms with Gasteiger partial charge in [0.05, 0.1) is 24.0 Å². The molecule has 0 spiro atoms. The molecule has 0 bridgehead atoms. The molecular formula is C24H20F3N3O. The zero-order valence-electron chi connectivity index (χ0n) is 16.9. The van der Waals surface area contributed by atoms with Crippen LogP contribution in [-0.2, 0) is 11.2 Å². The number of aromatic nitrogens is 3. The molecule has 3 aromatic heterocycles. The number of fused-ring (bicyclic) bond motifs is 1. The number of benzene rings is 1. The third-order valence-electron chi connectivity index (χ3n) is 5.03. The Morgan fingerprint density at radius 3 is 2.58 bits per heavy atom. The maximum atomic E-state index is 12.3. The molecule has 4 nitrogen and oxygen atoms in total. The van der Waals surface area contributed by atoms with Crippen molar-refractivity contribution in [2.75, 3.05) is 0 Å². The summed E-state index contributed by atoms with van der Waals surface area (Å²) in [7, 11) is 0. The van der Waals surface area contributed by atoms with Crippen LogP contribution in [0.4, 0.5) is 13.2 Å². The van der Waals surface area contributed by atoms with Crippen molar-refractivity contribution < 1.29 is 18.0 Å². The fourth-order valence-electron chi connectivity index (χ4n) is 3.43. The average Bonchev–Trinajstić information content (AvgIpc) is 3.16. The number of rotatable bonds is 6. The number of carbonyl (C=O) groups is 1. The lowest BCUT2D eigenvalue weighted by Gasteiger charge is -2.08. The predicted octanol–water partition coefficient (Wildman–Crippen LogP) is 5.83. The second-order valence-electron chi connectivity index (χ2n) is 7.54. The molecule has 158 valence electrons.